The van der Waals surface area contributed by atoms with Gasteiger partial charge >= 0.3 is 0 Å². The molecule has 0 spiro atoms. The van der Waals surface area contributed by atoms with Crippen LogP contribution in [0, 0.1) is 0 Å². The number of aromatic hydroxyl groups is 1. The van der Waals surface area contributed by atoms with E-state index < -0.39 is 0 Å². The molecule has 0 fully saturated rings. The van der Waals surface area contributed by atoms with Crippen molar-refractivity contribution in [3.8, 4) is 5.75 Å². The van der Waals surface area contributed by atoms with Gasteiger partial charge in [-0.2, -0.15) is 0 Å². The molecule has 0 bridgehead atoms. The van der Waals surface area contributed by atoms with Crippen LogP contribution in [-0.2, 0) is 0 Å². The van der Waals surface area contributed by atoms with Gasteiger partial charge in [-0.3, -0.25) is 0 Å². The third-order valence-electron chi connectivity index (χ3n) is 0.830. The Labute approximate surface area is 65.6 Å². The van der Waals surface area contributed by atoms with Gasteiger partial charge in [0.05, 0.1) is 5.02 Å². The second kappa shape index (κ2) is 2.54. The third-order valence-corrected chi connectivity index (χ3v) is 1.72. The fourth-order valence-electron chi connectivity index (χ4n) is 0.407. The third kappa shape index (κ3) is 1.34. The standard InChI is InChI=1S/C5H3BrClNO/c6-5-4(9)3(7)1-2-8-5/h1-2,9H. The lowest BCUT2D eigenvalue weighted by Crippen LogP contribution is -1.74. The largest absolute Gasteiger partial charge is 0.504 e. The summed E-state index contributed by atoms with van der Waals surface area (Å²) in [4.78, 5) is 3.72. The molecule has 0 saturated heterocycles. The minimum absolute atomic E-state index is 0.0147. The second-order valence-corrected chi connectivity index (χ2v) is 2.59. The molecule has 4 heteroatoms. The van der Waals surface area contributed by atoms with E-state index in [-0.39, 0.29) is 5.75 Å². The molecule has 48 valence electrons. The maximum Gasteiger partial charge on any atom is 0.167 e. The molecule has 1 heterocycles. The summed E-state index contributed by atoms with van der Waals surface area (Å²) < 4.78 is 0.370. The Morgan fingerprint density at radius 1 is 1.67 bits per heavy atom. The van der Waals surface area contributed by atoms with Gasteiger partial charge in [-0.1, -0.05) is 11.6 Å². The summed E-state index contributed by atoms with van der Waals surface area (Å²) >= 11 is 8.49. The van der Waals surface area contributed by atoms with Crippen molar-refractivity contribution in [2.45, 2.75) is 0 Å². The van der Waals surface area contributed by atoms with Crippen LogP contribution in [-0.4, -0.2) is 10.1 Å². The smallest absolute Gasteiger partial charge is 0.167 e. The highest BCUT2D eigenvalue weighted by Gasteiger charge is 2.00. The monoisotopic (exact) mass is 207 g/mol. The van der Waals surface area contributed by atoms with Gasteiger partial charge in [-0.15, -0.1) is 0 Å². The summed E-state index contributed by atoms with van der Waals surface area (Å²) in [6.07, 6.45) is 1.51. The van der Waals surface area contributed by atoms with Crippen LogP contribution < -0.4 is 0 Å². The van der Waals surface area contributed by atoms with Crippen molar-refractivity contribution in [1.29, 1.82) is 0 Å². The van der Waals surface area contributed by atoms with Gasteiger partial charge < -0.3 is 5.11 Å². The zero-order valence-electron chi connectivity index (χ0n) is 4.31. The van der Waals surface area contributed by atoms with Crippen molar-refractivity contribution in [3.63, 3.8) is 0 Å². The number of hydrogen-bond donors (Lipinski definition) is 1. The molecule has 1 N–H and O–H groups in total. The average Bonchev–Trinajstić information content (AvgIpc) is 1.83. The number of hydrogen-bond acceptors (Lipinski definition) is 2. The van der Waals surface area contributed by atoms with E-state index in [0.717, 1.165) is 0 Å². The van der Waals surface area contributed by atoms with Crippen LogP contribution in [0.25, 0.3) is 0 Å². The highest BCUT2D eigenvalue weighted by atomic mass is 79.9. The molecule has 1 aromatic heterocycles. The van der Waals surface area contributed by atoms with Crippen LogP contribution in [0.15, 0.2) is 16.9 Å². The fraction of sp³-hybridized carbons (Fsp3) is 0. The van der Waals surface area contributed by atoms with E-state index in [9.17, 15) is 0 Å². The maximum absolute atomic E-state index is 8.96. The van der Waals surface area contributed by atoms with Crippen molar-refractivity contribution in [2.75, 3.05) is 0 Å². The SMILES string of the molecule is Oc1c(Cl)ccnc1Br. The van der Waals surface area contributed by atoms with Crippen molar-refractivity contribution >= 4 is 27.5 Å². The highest BCUT2D eigenvalue weighted by Crippen LogP contribution is 2.28. The van der Waals surface area contributed by atoms with Crippen molar-refractivity contribution in [1.82, 2.24) is 4.98 Å². The Hall–Kier alpha value is -0.280. The van der Waals surface area contributed by atoms with Crippen LogP contribution >= 0.6 is 27.5 Å². The van der Waals surface area contributed by atoms with Crippen LogP contribution in [0.3, 0.4) is 0 Å². The fourth-order valence-corrected chi connectivity index (χ4v) is 0.999. The zero-order chi connectivity index (χ0) is 6.85. The van der Waals surface area contributed by atoms with Gasteiger partial charge in [0.1, 0.15) is 4.60 Å². The number of halogens is 2. The first kappa shape index (κ1) is 6.83. The van der Waals surface area contributed by atoms with E-state index in [1.165, 1.54) is 12.3 Å². The van der Waals surface area contributed by atoms with Crippen LogP contribution in [0.2, 0.25) is 5.02 Å². The quantitative estimate of drug-likeness (QED) is 0.663. The number of pyridine rings is 1. The second-order valence-electron chi connectivity index (χ2n) is 1.43. The predicted molar refractivity (Wildman–Crippen MR) is 38.6 cm³/mol. The Bertz CT molecular complexity index is 208. The van der Waals surface area contributed by atoms with E-state index in [0.29, 0.717) is 9.63 Å². The average molecular weight is 208 g/mol. The maximum atomic E-state index is 8.96. The Morgan fingerprint density at radius 3 is 2.78 bits per heavy atom. The molecule has 1 rings (SSSR count). The number of rotatable bonds is 0. The summed E-state index contributed by atoms with van der Waals surface area (Å²) in [6, 6.07) is 1.52. The van der Waals surface area contributed by atoms with E-state index in [1.807, 2.05) is 0 Å². The minimum atomic E-state index is -0.0147. The lowest BCUT2D eigenvalue weighted by Gasteiger charge is -1.94. The Kier molecular flexibility index (Phi) is 1.93. The lowest BCUT2D eigenvalue weighted by molar-refractivity contribution is 0.469. The van der Waals surface area contributed by atoms with E-state index in [1.54, 1.807) is 0 Å². The molecule has 9 heavy (non-hydrogen) atoms. The Morgan fingerprint density at radius 2 is 2.33 bits per heavy atom. The molecule has 0 saturated carbocycles. The molecule has 0 atom stereocenters. The predicted octanol–water partition coefficient (Wildman–Crippen LogP) is 2.20. The summed E-state index contributed by atoms with van der Waals surface area (Å²) in [5.41, 5.74) is 0. The van der Waals surface area contributed by atoms with Gasteiger partial charge in [0, 0.05) is 6.20 Å². The van der Waals surface area contributed by atoms with E-state index >= 15 is 0 Å². The topological polar surface area (TPSA) is 33.1 Å². The lowest BCUT2D eigenvalue weighted by atomic mass is 10.5. The first-order chi connectivity index (χ1) is 4.22. The van der Waals surface area contributed by atoms with Gasteiger partial charge in [-0.05, 0) is 22.0 Å². The molecule has 0 aromatic carbocycles. The van der Waals surface area contributed by atoms with E-state index in [2.05, 4.69) is 20.9 Å². The van der Waals surface area contributed by atoms with Crippen molar-refractivity contribution in [3.05, 3.63) is 21.9 Å². The summed E-state index contributed by atoms with van der Waals surface area (Å²) in [7, 11) is 0. The molecule has 0 aliphatic carbocycles. The van der Waals surface area contributed by atoms with Crippen LogP contribution in [0.5, 0.6) is 5.75 Å². The van der Waals surface area contributed by atoms with Crippen LogP contribution in [0.1, 0.15) is 0 Å². The van der Waals surface area contributed by atoms with Gasteiger partial charge in [0.25, 0.3) is 0 Å². The first-order valence-corrected chi connectivity index (χ1v) is 3.38. The molecular formula is C5H3BrClNO. The van der Waals surface area contributed by atoms with Crippen molar-refractivity contribution < 1.29 is 5.11 Å². The first-order valence-electron chi connectivity index (χ1n) is 2.21. The number of nitrogens with zero attached hydrogens (tertiary/aromatic N) is 1. The molecule has 0 aliphatic rings. The molecule has 0 aliphatic heterocycles. The van der Waals surface area contributed by atoms with Gasteiger partial charge in [0.15, 0.2) is 5.75 Å². The van der Waals surface area contributed by atoms with Gasteiger partial charge in [0.2, 0.25) is 0 Å². The van der Waals surface area contributed by atoms with Gasteiger partial charge in [-0.25, -0.2) is 4.98 Å². The molecule has 2 nitrogen and oxygen atoms in total. The molecule has 0 radical (unpaired) electrons. The van der Waals surface area contributed by atoms with Crippen LogP contribution in [0.4, 0.5) is 0 Å². The number of aromatic nitrogens is 1. The summed E-state index contributed by atoms with van der Waals surface area (Å²) in [5.74, 6) is -0.0147. The molecule has 0 amide bonds. The molecule has 1 aromatic rings. The minimum Gasteiger partial charge on any atom is -0.504 e. The molecule has 0 unspecified atom stereocenters. The molecular weight excluding hydrogens is 205 g/mol. The van der Waals surface area contributed by atoms with Crippen molar-refractivity contribution in [2.24, 2.45) is 0 Å². The Balaban J connectivity index is 3.25. The summed E-state index contributed by atoms with van der Waals surface area (Å²) in [5, 5.41) is 9.27. The van der Waals surface area contributed by atoms with E-state index in [4.69, 9.17) is 16.7 Å². The summed E-state index contributed by atoms with van der Waals surface area (Å²) in [6.45, 7) is 0. The zero-order valence-corrected chi connectivity index (χ0v) is 6.65. The normalized spacial score (nSPS) is 9.56. The highest BCUT2D eigenvalue weighted by molar-refractivity contribution is 9.10.